The quantitative estimate of drug-likeness (QED) is 0.316. The van der Waals surface area contributed by atoms with E-state index in [1.165, 1.54) is 43.0 Å². The fourth-order valence-electron chi connectivity index (χ4n) is 7.55. The van der Waals surface area contributed by atoms with Crippen molar-refractivity contribution in [2.45, 2.75) is 77.7 Å². The molecule has 4 aliphatic rings. The predicted octanol–water partition coefficient (Wildman–Crippen LogP) is 6.00. The summed E-state index contributed by atoms with van der Waals surface area (Å²) in [6.07, 6.45) is 12.9. The zero-order valence-electron chi connectivity index (χ0n) is 15.7. The first-order chi connectivity index (χ1) is 11.4. The standard InChI is InChI=1S/C22H35IO/c1-14(13-23)19-6-7-20-18-5-4-15-12-21(2,24)10-8-16(15)17(18)9-11-22(19,20)3/h4,14,16-20,24H,5-13H2,1-3H3/t14-,16+,17-,18-,19-,20+,21+,22-/m1/s1. The largest absolute Gasteiger partial charge is 0.390 e. The molecule has 4 aliphatic carbocycles. The van der Waals surface area contributed by atoms with Gasteiger partial charge in [-0.3, -0.25) is 0 Å². The number of hydrogen-bond acceptors (Lipinski definition) is 1. The number of hydrogen-bond donors (Lipinski definition) is 1. The summed E-state index contributed by atoms with van der Waals surface area (Å²) in [5.74, 6) is 5.47. The van der Waals surface area contributed by atoms with E-state index in [0.717, 1.165) is 48.3 Å². The van der Waals surface area contributed by atoms with Crippen LogP contribution in [0.5, 0.6) is 0 Å². The first kappa shape index (κ1) is 17.8. The molecule has 0 bridgehead atoms. The van der Waals surface area contributed by atoms with E-state index >= 15 is 0 Å². The monoisotopic (exact) mass is 442 g/mol. The molecule has 0 aromatic carbocycles. The minimum atomic E-state index is -0.438. The third kappa shape index (κ3) is 2.73. The van der Waals surface area contributed by atoms with Crippen molar-refractivity contribution in [3.05, 3.63) is 11.6 Å². The second-order valence-corrected chi connectivity index (χ2v) is 11.0. The number of fused-ring (bicyclic) bond motifs is 5. The summed E-state index contributed by atoms with van der Waals surface area (Å²) in [6.45, 7) is 7.19. The van der Waals surface area contributed by atoms with Gasteiger partial charge in [-0.15, -0.1) is 0 Å². The van der Waals surface area contributed by atoms with Crippen LogP contribution in [0.2, 0.25) is 0 Å². The molecule has 1 N–H and O–H groups in total. The van der Waals surface area contributed by atoms with Crippen molar-refractivity contribution in [2.75, 3.05) is 4.43 Å². The molecule has 0 radical (unpaired) electrons. The Balaban J connectivity index is 1.58. The van der Waals surface area contributed by atoms with E-state index in [-0.39, 0.29) is 0 Å². The molecular formula is C22H35IO. The van der Waals surface area contributed by atoms with Crippen LogP contribution in [0.4, 0.5) is 0 Å². The molecule has 3 fully saturated rings. The van der Waals surface area contributed by atoms with Crippen molar-refractivity contribution in [1.82, 2.24) is 0 Å². The van der Waals surface area contributed by atoms with Crippen LogP contribution in [0, 0.1) is 40.9 Å². The maximum Gasteiger partial charge on any atom is 0.0657 e. The van der Waals surface area contributed by atoms with Crippen LogP contribution in [0.15, 0.2) is 11.6 Å². The zero-order chi connectivity index (χ0) is 17.1. The van der Waals surface area contributed by atoms with Gasteiger partial charge >= 0.3 is 0 Å². The number of rotatable bonds is 2. The highest BCUT2D eigenvalue weighted by atomic mass is 127. The number of allylic oxidation sites excluding steroid dienone is 1. The Labute approximate surface area is 162 Å². The first-order valence-electron chi connectivity index (χ1n) is 10.3. The van der Waals surface area contributed by atoms with Crippen LogP contribution >= 0.6 is 22.6 Å². The lowest BCUT2D eigenvalue weighted by Gasteiger charge is -2.55. The first-order valence-corrected chi connectivity index (χ1v) is 11.9. The van der Waals surface area contributed by atoms with Gasteiger partial charge in [0.05, 0.1) is 5.60 Å². The molecule has 0 heterocycles. The maximum absolute atomic E-state index is 10.5. The second kappa shape index (κ2) is 6.25. The van der Waals surface area contributed by atoms with Crippen molar-refractivity contribution in [3.8, 4) is 0 Å². The zero-order valence-corrected chi connectivity index (χ0v) is 17.9. The summed E-state index contributed by atoms with van der Waals surface area (Å²) in [4.78, 5) is 0. The Morgan fingerprint density at radius 3 is 2.71 bits per heavy atom. The average molecular weight is 442 g/mol. The van der Waals surface area contributed by atoms with Gasteiger partial charge in [-0.2, -0.15) is 0 Å². The van der Waals surface area contributed by atoms with Crippen LogP contribution in [0.1, 0.15) is 72.1 Å². The number of alkyl halides is 1. The van der Waals surface area contributed by atoms with Crippen LogP contribution in [0.25, 0.3) is 0 Å². The van der Waals surface area contributed by atoms with E-state index in [4.69, 9.17) is 0 Å². The molecule has 4 rings (SSSR count). The Bertz CT molecular complexity index is 524. The van der Waals surface area contributed by atoms with Gasteiger partial charge in [0.2, 0.25) is 0 Å². The lowest BCUT2D eigenvalue weighted by Crippen LogP contribution is -2.48. The molecule has 0 aliphatic heterocycles. The van der Waals surface area contributed by atoms with Crippen molar-refractivity contribution in [2.24, 2.45) is 40.9 Å². The van der Waals surface area contributed by atoms with E-state index in [9.17, 15) is 5.11 Å². The normalized spacial score (nSPS) is 52.0. The Morgan fingerprint density at radius 2 is 1.96 bits per heavy atom. The highest BCUT2D eigenvalue weighted by Crippen LogP contribution is 2.64. The average Bonchev–Trinajstić information content (AvgIpc) is 2.90. The molecule has 136 valence electrons. The minimum absolute atomic E-state index is 0.438. The molecule has 0 saturated heterocycles. The molecule has 24 heavy (non-hydrogen) atoms. The third-order valence-electron chi connectivity index (χ3n) is 8.72. The van der Waals surface area contributed by atoms with Gasteiger partial charge < -0.3 is 5.11 Å². The van der Waals surface area contributed by atoms with Crippen LogP contribution < -0.4 is 0 Å². The molecule has 0 aromatic heterocycles. The van der Waals surface area contributed by atoms with Crippen molar-refractivity contribution >= 4 is 22.6 Å². The summed E-state index contributed by atoms with van der Waals surface area (Å²) in [6, 6.07) is 0. The van der Waals surface area contributed by atoms with E-state index in [2.05, 4.69) is 42.5 Å². The molecular weight excluding hydrogens is 407 g/mol. The molecule has 0 unspecified atom stereocenters. The molecule has 8 atom stereocenters. The molecule has 0 amide bonds. The molecule has 0 spiro atoms. The predicted molar refractivity (Wildman–Crippen MR) is 109 cm³/mol. The van der Waals surface area contributed by atoms with Crippen LogP contribution in [0.3, 0.4) is 0 Å². The molecule has 1 nitrogen and oxygen atoms in total. The minimum Gasteiger partial charge on any atom is -0.390 e. The summed E-state index contributed by atoms with van der Waals surface area (Å²) in [5, 5.41) is 10.5. The van der Waals surface area contributed by atoms with E-state index in [1.54, 1.807) is 5.57 Å². The summed E-state index contributed by atoms with van der Waals surface area (Å²) in [7, 11) is 0. The SMILES string of the molecule is C[C@H](CI)[C@H]1CC[C@H]2[C@@H]3CC=C4C[C@@](C)(O)CC[C@@H]4[C@H]3CC[C@]12C. The van der Waals surface area contributed by atoms with Gasteiger partial charge in [0.15, 0.2) is 0 Å². The van der Waals surface area contributed by atoms with Gasteiger partial charge in [0, 0.05) is 4.43 Å². The smallest absolute Gasteiger partial charge is 0.0657 e. The van der Waals surface area contributed by atoms with E-state index in [1.807, 2.05) is 6.92 Å². The summed E-state index contributed by atoms with van der Waals surface area (Å²) < 4.78 is 1.32. The van der Waals surface area contributed by atoms with E-state index in [0.29, 0.717) is 5.41 Å². The molecule has 3 saturated carbocycles. The molecule has 0 aromatic rings. The van der Waals surface area contributed by atoms with Gasteiger partial charge in [-0.1, -0.05) is 48.1 Å². The number of halogens is 1. The third-order valence-corrected chi connectivity index (χ3v) is 10.1. The summed E-state index contributed by atoms with van der Waals surface area (Å²) >= 11 is 2.60. The van der Waals surface area contributed by atoms with Crippen molar-refractivity contribution in [3.63, 3.8) is 0 Å². The van der Waals surface area contributed by atoms with Crippen LogP contribution in [-0.2, 0) is 0 Å². The Hall–Kier alpha value is 0.430. The highest BCUT2D eigenvalue weighted by molar-refractivity contribution is 14.1. The highest BCUT2D eigenvalue weighted by Gasteiger charge is 2.56. The second-order valence-electron chi connectivity index (χ2n) is 10.1. The van der Waals surface area contributed by atoms with E-state index < -0.39 is 5.60 Å². The van der Waals surface area contributed by atoms with Crippen molar-refractivity contribution in [1.29, 1.82) is 0 Å². The Morgan fingerprint density at radius 1 is 1.17 bits per heavy atom. The van der Waals surface area contributed by atoms with Gasteiger partial charge in [-0.05, 0) is 99.2 Å². The van der Waals surface area contributed by atoms with Crippen molar-refractivity contribution < 1.29 is 5.11 Å². The van der Waals surface area contributed by atoms with Gasteiger partial charge in [0.25, 0.3) is 0 Å². The number of aliphatic hydroxyl groups is 1. The fraction of sp³-hybridized carbons (Fsp3) is 0.909. The fourth-order valence-corrected chi connectivity index (χ4v) is 8.16. The molecule has 2 heteroatoms. The maximum atomic E-state index is 10.5. The van der Waals surface area contributed by atoms with Gasteiger partial charge in [-0.25, -0.2) is 0 Å². The lowest BCUT2D eigenvalue weighted by molar-refractivity contribution is -0.0384. The van der Waals surface area contributed by atoms with Crippen LogP contribution in [-0.4, -0.2) is 15.1 Å². The topological polar surface area (TPSA) is 20.2 Å². The lowest BCUT2D eigenvalue weighted by atomic mass is 9.50. The summed E-state index contributed by atoms with van der Waals surface area (Å²) in [5.41, 5.74) is 1.79. The Kier molecular flexibility index (Phi) is 4.64. The van der Waals surface area contributed by atoms with Gasteiger partial charge in [0.1, 0.15) is 0 Å².